The van der Waals surface area contributed by atoms with Crippen molar-refractivity contribution >= 4 is 27.1 Å². The molecule has 7 heteroatoms. The van der Waals surface area contributed by atoms with Crippen molar-refractivity contribution in [1.29, 1.82) is 0 Å². The third-order valence-electron chi connectivity index (χ3n) is 2.48. The Balaban J connectivity index is 2.70. The molecule has 0 amide bonds. The van der Waals surface area contributed by atoms with E-state index >= 15 is 0 Å². The van der Waals surface area contributed by atoms with Gasteiger partial charge in [-0.05, 0) is 12.5 Å². The summed E-state index contributed by atoms with van der Waals surface area (Å²) >= 11 is 6.03. The minimum atomic E-state index is -2.93. The first-order valence-corrected chi connectivity index (χ1v) is 8.14. The van der Waals surface area contributed by atoms with Gasteiger partial charge < -0.3 is 14.8 Å². The fourth-order valence-electron chi connectivity index (χ4n) is 1.56. The first-order chi connectivity index (χ1) is 8.87. The van der Waals surface area contributed by atoms with E-state index in [0.29, 0.717) is 35.2 Å². The highest BCUT2D eigenvalue weighted by atomic mass is 35.5. The number of sulfone groups is 1. The van der Waals surface area contributed by atoms with Crippen LogP contribution in [0.5, 0.6) is 11.5 Å². The SMILES string of the molecule is COc1cc(OC)c(NCCCS(C)(=O)=O)cc1Cl. The first-order valence-electron chi connectivity index (χ1n) is 5.70. The molecule has 1 aromatic carbocycles. The molecule has 0 aromatic heterocycles. The molecule has 0 aliphatic heterocycles. The molecule has 0 radical (unpaired) electrons. The Labute approximate surface area is 118 Å². The minimum absolute atomic E-state index is 0.145. The van der Waals surface area contributed by atoms with E-state index < -0.39 is 9.84 Å². The van der Waals surface area contributed by atoms with Crippen molar-refractivity contribution in [3.63, 3.8) is 0 Å². The number of hydrogen-bond donors (Lipinski definition) is 1. The van der Waals surface area contributed by atoms with Crippen LogP contribution in [0.1, 0.15) is 6.42 Å². The fraction of sp³-hybridized carbons (Fsp3) is 0.500. The van der Waals surface area contributed by atoms with Gasteiger partial charge in [-0.15, -0.1) is 0 Å². The summed E-state index contributed by atoms with van der Waals surface area (Å²) in [6.45, 7) is 0.520. The predicted octanol–water partition coefficient (Wildman–Crippen LogP) is 2.20. The monoisotopic (exact) mass is 307 g/mol. The van der Waals surface area contributed by atoms with Crippen molar-refractivity contribution in [2.45, 2.75) is 6.42 Å². The maximum Gasteiger partial charge on any atom is 0.147 e. The third-order valence-corrected chi connectivity index (χ3v) is 3.81. The molecule has 0 atom stereocenters. The molecular weight excluding hydrogens is 290 g/mol. The normalized spacial score (nSPS) is 11.2. The summed E-state index contributed by atoms with van der Waals surface area (Å²) < 4.78 is 32.3. The van der Waals surface area contributed by atoms with Crippen LogP contribution in [0.15, 0.2) is 12.1 Å². The molecule has 0 spiro atoms. The summed E-state index contributed by atoms with van der Waals surface area (Å²) in [4.78, 5) is 0. The van der Waals surface area contributed by atoms with Gasteiger partial charge in [0.25, 0.3) is 0 Å². The maximum absolute atomic E-state index is 11.0. The van der Waals surface area contributed by atoms with Crippen molar-refractivity contribution in [3.05, 3.63) is 17.2 Å². The zero-order chi connectivity index (χ0) is 14.5. The molecule has 1 rings (SSSR count). The Kier molecular flexibility index (Phi) is 5.75. The molecule has 0 saturated heterocycles. The van der Waals surface area contributed by atoms with Crippen LogP contribution in [0.25, 0.3) is 0 Å². The van der Waals surface area contributed by atoms with Crippen molar-refractivity contribution in [3.8, 4) is 11.5 Å². The van der Waals surface area contributed by atoms with Gasteiger partial charge in [0.15, 0.2) is 0 Å². The zero-order valence-electron chi connectivity index (χ0n) is 11.2. The van der Waals surface area contributed by atoms with Crippen LogP contribution >= 0.6 is 11.6 Å². The summed E-state index contributed by atoms with van der Waals surface area (Å²) in [6, 6.07) is 3.38. The van der Waals surface area contributed by atoms with Crippen LogP contribution in [-0.2, 0) is 9.84 Å². The van der Waals surface area contributed by atoms with E-state index in [1.165, 1.54) is 13.4 Å². The molecule has 0 aliphatic rings. The maximum atomic E-state index is 11.0. The number of nitrogens with one attached hydrogen (secondary N) is 1. The molecule has 108 valence electrons. The Morgan fingerprint density at radius 3 is 2.37 bits per heavy atom. The van der Waals surface area contributed by atoms with Gasteiger partial charge in [0, 0.05) is 18.9 Å². The van der Waals surface area contributed by atoms with Crippen LogP contribution < -0.4 is 14.8 Å². The van der Waals surface area contributed by atoms with Crippen LogP contribution in [-0.4, -0.2) is 41.2 Å². The molecule has 1 N–H and O–H groups in total. The van der Waals surface area contributed by atoms with E-state index in [9.17, 15) is 8.42 Å². The number of halogens is 1. The van der Waals surface area contributed by atoms with Crippen LogP contribution in [0.4, 0.5) is 5.69 Å². The van der Waals surface area contributed by atoms with Gasteiger partial charge in [0.1, 0.15) is 21.3 Å². The standard InChI is InChI=1S/C12H18ClNO4S/c1-17-11-8-12(18-2)10(7-9(11)13)14-5-4-6-19(3,15)16/h7-8,14H,4-6H2,1-3H3. The number of anilines is 1. The minimum Gasteiger partial charge on any atom is -0.495 e. The van der Waals surface area contributed by atoms with Crippen molar-refractivity contribution < 1.29 is 17.9 Å². The largest absolute Gasteiger partial charge is 0.495 e. The smallest absolute Gasteiger partial charge is 0.147 e. The van der Waals surface area contributed by atoms with Gasteiger partial charge in [-0.2, -0.15) is 0 Å². The van der Waals surface area contributed by atoms with Gasteiger partial charge >= 0.3 is 0 Å². The lowest BCUT2D eigenvalue weighted by molar-refractivity contribution is 0.395. The van der Waals surface area contributed by atoms with Gasteiger partial charge in [0.05, 0.1) is 30.7 Å². The van der Waals surface area contributed by atoms with Gasteiger partial charge in [-0.3, -0.25) is 0 Å². The predicted molar refractivity (Wildman–Crippen MR) is 77.4 cm³/mol. The lowest BCUT2D eigenvalue weighted by Crippen LogP contribution is -2.10. The lowest BCUT2D eigenvalue weighted by atomic mass is 10.2. The Morgan fingerprint density at radius 1 is 1.21 bits per heavy atom. The van der Waals surface area contributed by atoms with Gasteiger partial charge in [-0.1, -0.05) is 11.6 Å². The van der Waals surface area contributed by atoms with Crippen molar-refractivity contribution in [1.82, 2.24) is 0 Å². The molecular formula is C12H18ClNO4S. The molecule has 1 aromatic rings. The Hall–Kier alpha value is -1.14. The summed E-state index contributed by atoms with van der Waals surface area (Å²) in [5.41, 5.74) is 0.710. The van der Waals surface area contributed by atoms with Crippen LogP contribution in [0, 0.1) is 0 Å². The lowest BCUT2D eigenvalue weighted by Gasteiger charge is -2.13. The zero-order valence-corrected chi connectivity index (χ0v) is 12.8. The second-order valence-corrected chi connectivity index (χ2v) is 6.76. The van der Waals surface area contributed by atoms with E-state index in [1.807, 2.05) is 0 Å². The molecule has 19 heavy (non-hydrogen) atoms. The van der Waals surface area contributed by atoms with Crippen molar-refractivity contribution in [2.75, 3.05) is 38.1 Å². The summed E-state index contributed by atoms with van der Waals surface area (Å²) in [5.74, 6) is 1.27. The highest BCUT2D eigenvalue weighted by molar-refractivity contribution is 7.90. The third kappa shape index (κ3) is 5.16. The Morgan fingerprint density at radius 2 is 1.84 bits per heavy atom. The van der Waals surface area contributed by atoms with Crippen molar-refractivity contribution in [2.24, 2.45) is 0 Å². The molecule has 0 heterocycles. The second-order valence-electron chi connectivity index (χ2n) is 4.10. The average Bonchev–Trinajstić information content (AvgIpc) is 2.33. The van der Waals surface area contributed by atoms with E-state index in [4.69, 9.17) is 21.1 Å². The molecule has 0 bridgehead atoms. The molecule has 0 aliphatic carbocycles. The number of rotatable bonds is 7. The highest BCUT2D eigenvalue weighted by Crippen LogP contribution is 2.35. The fourth-order valence-corrected chi connectivity index (χ4v) is 2.47. The van der Waals surface area contributed by atoms with Gasteiger partial charge in [-0.25, -0.2) is 8.42 Å². The van der Waals surface area contributed by atoms with Crippen LogP contribution in [0.2, 0.25) is 5.02 Å². The number of benzene rings is 1. The van der Waals surface area contributed by atoms with Crippen LogP contribution in [0.3, 0.4) is 0 Å². The van der Waals surface area contributed by atoms with E-state index in [-0.39, 0.29) is 5.75 Å². The quantitative estimate of drug-likeness (QED) is 0.782. The number of ether oxygens (including phenoxy) is 2. The highest BCUT2D eigenvalue weighted by Gasteiger charge is 2.09. The number of methoxy groups -OCH3 is 2. The second kappa shape index (κ2) is 6.86. The van der Waals surface area contributed by atoms with E-state index in [2.05, 4.69) is 5.32 Å². The Bertz CT molecular complexity index is 531. The van der Waals surface area contributed by atoms with E-state index in [1.54, 1.807) is 19.2 Å². The number of hydrogen-bond acceptors (Lipinski definition) is 5. The first kappa shape index (κ1) is 15.9. The van der Waals surface area contributed by atoms with Gasteiger partial charge in [0.2, 0.25) is 0 Å². The summed E-state index contributed by atoms with van der Waals surface area (Å²) in [7, 11) is 0.143. The average molecular weight is 308 g/mol. The molecule has 0 saturated carbocycles. The molecule has 5 nitrogen and oxygen atoms in total. The van der Waals surface area contributed by atoms with E-state index in [0.717, 1.165) is 0 Å². The molecule has 0 unspecified atom stereocenters. The molecule has 0 fully saturated rings. The summed E-state index contributed by atoms with van der Waals surface area (Å²) in [6.07, 6.45) is 1.74. The summed E-state index contributed by atoms with van der Waals surface area (Å²) in [5, 5.41) is 3.57. The topological polar surface area (TPSA) is 64.6 Å².